The number of carbonyl (C=O) groups is 1. The quantitative estimate of drug-likeness (QED) is 0.554. The van der Waals surface area contributed by atoms with Crippen LogP contribution in [0.25, 0.3) is 0 Å². The summed E-state index contributed by atoms with van der Waals surface area (Å²) in [7, 11) is 0. The van der Waals surface area contributed by atoms with E-state index in [4.69, 9.17) is 0 Å². The average molecular weight is 336 g/mol. The minimum Gasteiger partial charge on any atom is -0.502 e. The molecule has 7 nitrogen and oxygen atoms in total. The van der Waals surface area contributed by atoms with Crippen LogP contribution in [-0.2, 0) is 0 Å². The van der Waals surface area contributed by atoms with Gasteiger partial charge < -0.3 is 15.5 Å². The lowest BCUT2D eigenvalue weighted by Gasteiger charge is -2.17. The fourth-order valence-corrected chi connectivity index (χ4v) is 2.84. The number of hydrogen-bond donors (Lipinski definition) is 3. The zero-order chi connectivity index (χ0) is 17.0. The number of hydrogen-bond acceptors (Lipinski definition) is 6. The highest BCUT2D eigenvalue weighted by atomic mass is 32.1. The number of nitrogens with one attached hydrogen (secondary N) is 1. The summed E-state index contributed by atoms with van der Waals surface area (Å²) in [5.41, 5.74) is -0.340. The van der Waals surface area contributed by atoms with Crippen LogP contribution in [0.4, 0.5) is 5.69 Å². The number of nitrogens with zero attached hydrogens (tertiary/aromatic N) is 1. The summed E-state index contributed by atoms with van der Waals surface area (Å²) in [4.78, 5) is 22.8. The molecule has 1 aromatic carbocycles. The van der Waals surface area contributed by atoms with E-state index < -0.39 is 28.4 Å². The van der Waals surface area contributed by atoms with Gasteiger partial charge in [0.05, 0.1) is 11.0 Å². The normalized spacial score (nSPS) is 13.3. The first-order chi connectivity index (χ1) is 10.9. The lowest BCUT2D eigenvalue weighted by Crippen LogP contribution is -2.33. The molecule has 122 valence electrons. The first-order valence-electron chi connectivity index (χ1n) is 6.88. The van der Waals surface area contributed by atoms with E-state index in [9.17, 15) is 25.1 Å². The molecule has 0 aliphatic rings. The minimum absolute atomic E-state index is 0.116. The van der Waals surface area contributed by atoms with Crippen molar-refractivity contribution in [3.8, 4) is 5.75 Å². The van der Waals surface area contributed by atoms with Crippen LogP contribution in [-0.4, -0.2) is 27.1 Å². The molecule has 2 atom stereocenters. The van der Waals surface area contributed by atoms with Crippen molar-refractivity contribution in [3.63, 3.8) is 0 Å². The number of aliphatic hydroxyl groups excluding tert-OH is 1. The molecule has 1 heterocycles. The van der Waals surface area contributed by atoms with E-state index in [1.807, 2.05) is 17.5 Å². The minimum atomic E-state index is -0.725. The zero-order valence-electron chi connectivity index (χ0n) is 12.3. The average Bonchev–Trinajstić information content (AvgIpc) is 3.00. The molecule has 0 unspecified atom stereocenters. The molecule has 1 aromatic heterocycles. The summed E-state index contributed by atoms with van der Waals surface area (Å²) >= 11 is 1.43. The molecule has 0 bridgehead atoms. The Morgan fingerprint density at radius 3 is 2.74 bits per heavy atom. The standard InChI is InChI=1S/C15H16N2O5S/c1-9(7-13(19)14-3-2-6-23-14)16-15(20)10-4-5-11(17(21)22)12(18)8-10/h2-6,8-9,13,18-19H,7H2,1H3,(H,16,20)/t9-,13+/m1/s1. The van der Waals surface area contributed by atoms with E-state index in [0.717, 1.165) is 17.0 Å². The van der Waals surface area contributed by atoms with Crippen molar-refractivity contribution in [2.75, 3.05) is 0 Å². The maximum Gasteiger partial charge on any atom is 0.310 e. The second kappa shape index (κ2) is 7.21. The second-order valence-corrected chi connectivity index (χ2v) is 6.08. The Kier molecular flexibility index (Phi) is 5.30. The van der Waals surface area contributed by atoms with E-state index in [-0.39, 0.29) is 11.6 Å². The summed E-state index contributed by atoms with van der Waals surface area (Å²) in [6, 6.07) is 6.75. The van der Waals surface area contributed by atoms with Gasteiger partial charge in [-0.1, -0.05) is 6.07 Å². The third-order valence-corrected chi connectivity index (χ3v) is 4.23. The van der Waals surface area contributed by atoms with Gasteiger partial charge in [0.25, 0.3) is 5.91 Å². The number of benzene rings is 1. The maximum atomic E-state index is 12.1. The fourth-order valence-electron chi connectivity index (χ4n) is 2.12. The summed E-state index contributed by atoms with van der Waals surface area (Å²) < 4.78 is 0. The predicted octanol–water partition coefficient (Wildman–Crippen LogP) is 2.60. The Morgan fingerprint density at radius 2 is 2.17 bits per heavy atom. The number of rotatable bonds is 6. The molecule has 0 fully saturated rings. The van der Waals surface area contributed by atoms with Gasteiger partial charge in [0, 0.05) is 22.5 Å². The van der Waals surface area contributed by atoms with E-state index >= 15 is 0 Å². The molecule has 0 spiro atoms. The number of aliphatic hydroxyl groups is 1. The third-order valence-electron chi connectivity index (χ3n) is 3.26. The Hall–Kier alpha value is -2.45. The maximum absolute atomic E-state index is 12.1. The van der Waals surface area contributed by atoms with Crippen molar-refractivity contribution in [2.45, 2.75) is 25.5 Å². The SMILES string of the molecule is C[C@H](C[C@H](O)c1cccs1)NC(=O)c1ccc([N+](=O)[O-])c(O)c1. The van der Waals surface area contributed by atoms with Crippen molar-refractivity contribution in [1.82, 2.24) is 5.32 Å². The Bertz CT molecular complexity index is 702. The van der Waals surface area contributed by atoms with Gasteiger partial charge in [0.15, 0.2) is 5.75 Å². The highest BCUT2D eigenvalue weighted by Gasteiger charge is 2.19. The van der Waals surface area contributed by atoms with Crippen molar-refractivity contribution in [3.05, 3.63) is 56.3 Å². The molecule has 0 aliphatic heterocycles. The monoisotopic (exact) mass is 336 g/mol. The first-order valence-corrected chi connectivity index (χ1v) is 7.76. The fraction of sp³-hybridized carbons (Fsp3) is 0.267. The van der Waals surface area contributed by atoms with Gasteiger partial charge in [0.1, 0.15) is 0 Å². The molecule has 8 heteroatoms. The largest absolute Gasteiger partial charge is 0.502 e. The molecular formula is C15H16N2O5S. The van der Waals surface area contributed by atoms with Crippen molar-refractivity contribution < 1.29 is 19.9 Å². The number of amides is 1. The summed E-state index contributed by atoms with van der Waals surface area (Å²) in [6.07, 6.45) is -0.332. The van der Waals surface area contributed by atoms with Gasteiger partial charge in [-0.15, -0.1) is 11.3 Å². The van der Waals surface area contributed by atoms with Crippen molar-refractivity contribution in [1.29, 1.82) is 0 Å². The van der Waals surface area contributed by atoms with E-state index in [2.05, 4.69) is 5.32 Å². The van der Waals surface area contributed by atoms with Crippen molar-refractivity contribution in [2.24, 2.45) is 0 Å². The molecule has 23 heavy (non-hydrogen) atoms. The molecule has 2 aromatic rings. The van der Waals surface area contributed by atoms with Crippen molar-refractivity contribution >= 4 is 22.9 Å². The molecule has 0 saturated carbocycles. The summed E-state index contributed by atoms with van der Waals surface area (Å²) in [6.45, 7) is 1.75. The van der Waals surface area contributed by atoms with Gasteiger partial charge in [-0.2, -0.15) is 0 Å². The molecule has 3 N–H and O–H groups in total. The molecule has 0 aliphatic carbocycles. The lowest BCUT2D eigenvalue weighted by molar-refractivity contribution is -0.385. The molecule has 2 rings (SSSR count). The second-order valence-electron chi connectivity index (χ2n) is 5.10. The van der Waals surface area contributed by atoms with Crippen LogP contribution in [0, 0.1) is 10.1 Å². The predicted molar refractivity (Wildman–Crippen MR) is 85.6 cm³/mol. The first kappa shape index (κ1) is 16.9. The van der Waals surface area contributed by atoms with Gasteiger partial charge in [-0.05, 0) is 36.9 Å². The molecule has 0 radical (unpaired) electrons. The van der Waals surface area contributed by atoms with Gasteiger partial charge in [-0.3, -0.25) is 14.9 Å². The Labute approximate surface area is 136 Å². The number of nitro benzene ring substituents is 1. The smallest absolute Gasteiger partial charge is 0.310 e. The summed E-state index contributed by atoms with van der Waals surface area (Å²) in [5.74, 6) is -1.03. The number of phenolic OH excluding ortho intramolecular Hbond substituents is 1. The highest BCUT2D eigenvalue weighted by molar-refractivity contribution is 7.10. The number of carbonyl (C=O) groups excluding carboxylic acids is 1. The molecule has 0 saturated heterocycles. The van der Waals surface area contributed by atoms with Crippen LogP contribution in [0.2, 0.25) is 0 Å². The number of phenols is 1. The number of aromatic hydroxyl groups is 1. The van der Waals surface area contributed by atoms with Crippen LogP contribution >= 0.6 is 11.3 Å². The number of thiophene rings is 1. The van der Waals surface area contributed by atoms with Gasteiger partial charge >= 0.3 is 5.69 Å². The van der Waals surface area contributed by atoms with Crippen LogP contribution in [0.15, 0.2) is 35.7 Å². The Morgan fingerprint density at radius 1 is 1.43 bits per heavy atom. The third kappa shape index (κ3) is 4.27. The molecule has 1 amide bonds. The topological polar surface area (TPSA) is 113 Å². The van der Waals surface area contributed by atoms with Crippen LogP contribution in [0.5, 0.6) is 5.75 Å². The van der Waals surface area contributed by atoms with Crippen LogP contribution in [0.1, 0.15) is 34.7 Å². The zero-order valence-corrected chi connectivity index (χ0v) is 13.1. The van der Waals surface area contributed by atoms with Crippen LogP contribution < -0.4 is 5.32 Å². The van der Waals surface area contributed by atoms with Gasteiger partial charge in [-0.25, -0.2) is 0 Å². The van der Waals surface area contributed by atoms with Gasteiger partial charge in [0.2, 0.25) is 0 Å². The Balaban J connectivity index is 1.98. The highest BCUT2D eigenvalue weighted by Crippen LogP contribution is 2.26. The lowest BCUT2D eigenvalue weighted by atomic mass is 10.1. The van der Waals surface area contributed by atoms with E-state index in [1.54, 1.807) is 6.92 Å². The summed E-state index contributed by atoms with van der Waals surface area (Å²) in [5, 5.41) is 34.8. The van der Waals surface area contributed by atoms with E-state index in [1.165, 1.54) is 17.4 Å². The van der Waals surface area contributed by atoms with Crippen LogP contribution in [0.3, 0.4) is 0 Å². The molecular weight excluding hydrogens is 320 g/mol. The number of nitro groups is 1. The van der Waals surface area contributed by atoms with E-state index in [0.29, 0.717) is 6.42 Å².